The highest BCUT2D eigenvalue weighted by atomic mass is 32.1. The second-order valence-corrected chi connectivity index (χ2v) is 8.64. The largest absolute Gasteiger partial charge is 0.378 e. The molecule has 1 aliphatic rings. The Morgan fingerprint density at radius 2 is 2.16 bits per heavy atom. The number of aryl methyl sites for hydroxylation is 3. The minimum absolute atomic E-state index is 0.00488. The first-order chi connectivity index (χ1) is 12.2. The first-order valence-corrected chi connectivity index (χ1v) is 9.95. The molecule has 0 fully saturated rings. The summed E-state index contributed by atoms with van der Waals surface area (Å²) in [5.74, 6) is 0.679. The van der Waals surface area contributed by atoms with Gasteiger partial charge in [-0.3, -0.25) is 4.79 Å². The zero-order valence-electron chi connectivity index (χ0n) is 13.7. The average Bonchev–Trinajstić information content (AvgIpc) is 3.24. The van der Waals surface area contributed by atoms with Crippen LogP contribution < -0.4 is 10.9 Å². The number of hydrogen-bond donors (Lipinski definition) is 2. The van der Waals surface area contributed by atoms with Gasteiger partial charge in [0, 0.05) is 10.6 Å². The molecule has 126 valence electrons. The molecule has 2 N–H and O–H groups in total. The summed E-state index contributed by atoms with van der Waals surface area (Å²) in [6.07, 6.45) is 3.24. The SMILES string of the molecule is Cc1nc2ccc(NCc3nc4sc5c(c4c(=O)[nH]3)CCC5)cc2s1. The maximum atomic E-state index is 12.5. The first kappa shape index (κ1) is 15.0. The summed E-state index contributed by atoms with van der Waals surface area (Å²) in [5, 5.41) is 5.23. The Hall–Kier alpha value is -2.25. The van der Waals surface area contributed by atoms with Gasteiger partial charge >= 0.3 is 0 Å². The zero-order valence-corrected chi connectivity index (χ0v) is 15.3. The van der Waals surface area contributed by atoms with Crippen LogP contribution in [0.25, 0.3) is 20.4 Å². The molecule has 5 nitrogen and oxygen atoms in total. The van der Waals surface area contributed by atoms with Gasteiger partial charge in [0.25, 0.3) is 5.56 Å². The highest BCUT2D eigenvalue weighted by Crippen LogP contribution is 2.34. The third-order valence-electron chi connectivity index (χ3n) is 4.58. The van der Waals surface area contributed by atoms with Crippen molar-refractivity contribution < 1.29 is 0 Å². The van der Waals surface area contributed by atoms with E-state index in [4.69, 9.17) is 0 Å². The van der Waals surface area contributed by atoms with Crippen LogP contribution in [0, 0.1) is 6.92 Å². The van der Waals surface area contributed by atoms with E-state index in [1.54, 1.807) is 22.7 Å². The van der Waals surface area contributed by atoms with Crippen molar-refractivity contribution in [3.8, 4) is 0 Å². The number of fused-ring (bicyclic) bond motifs is 4. The van der Waals surface area contributed by atoms with E-state index in [-0.39, 0.29) is 5.56 Å². The maximum absolute atomic E-state index is 12.5. The number of thiophene rings is 1. The molecule has 3 heterocycles. The Morgan fingerprint density at radius 3 is 3.08 bits per heavy atom. The van der Waals surface area contributed by atoms with Gasteiger partial charge in [0.2, 0.25) is 0 Å². The minimum Gasteiger partial charge on any atom is -0.378 e. The van der Waals surface area contributed by atoms with Crippen molar-refractivity contribution >= 4 is 48.8 Å². The lowest BCUT2D eigenvalue weighted by Crippen LogP contribution is -2.14. The molecule has 0 saturated heterocycles. The lowest BCUT2D eigenvalue weighted by molar-refractivity contribution is 0.914. The van der Waals surface area contributed by atoms with Crippen molar-refractivity contribution in [1.29, 1.82) is 0 Å². The monoisotopic (exact) mass is 368 g/mol. The lowest BCUT2D eigenvalue weighted by atomic mass is 10.2. The van der Waals surface area contributed by atoms with Crippen LogP contribution in [0.5, 0.6) is 0 Å². The molecule has 0 amide bonds. The summed E-state index contributed by atoms with van der Waals surface area (Å²) in [7, 11) is 0. The quantitative estimate of drug-likeness (QED) is 0.573. The fourth-order valence-electron chi connectivity index (χ4n) is 3.47. The number of nitrogens with one attached hydrogen (secondary N) is 2. The summed E-state index contributed by atoms with van der Waals surface area (Å²) in [5.41, 5.74) is 3.25. The van der Waals surface area contributed by atoms with Crippen LogP contribution in [0.15, 0.2) is 23.0 Å². The highest BCUT2D eigenvalue weighted by Gasteiger charge is 2.20. The second-order valence-electron chi connectivity index (χ2n) is 6.32. The van der Waals surface area contributed by atoms with Crippen LogP contribution in [0.3, 0.4) is 0 Å². The molecular formula is C18H16N4OS2. The fraction of sp³-hybridized carbons (Fsp3) is 0.278. The fourth-order valence-corrected chi connectivity index (χ4v) is 5.61. The number of thiazole rings is 1. The van der Waals surface area contributed by atoms with Crippen molar-refractivity contribution in [2.75, 3.05) is 5.32 Å². The first-order valence-electron chi connectivity index (χ1n) is 8.32. The van der Waals surface area contributed by atoms with E-state index in [2.05, 4.69) is 26.3 Å². The van der Waals surface area contributed by atoms with Crippen LogP contribution in [0.2, 0.25) is 0 Å². The number of H-pyrrole nitrogens is 1. The van der Waals surface area contributed by atoms with Crippen LogP contribution in [-0.4, -0.2) is 15.0 Å². The minimum atomic E-state index is -0.00488. The summed E-state index contributed by atoms with van der Waals surface area (Å²) >= 11 is 3.36. The molecule has 25 heavy (non-hydrogen) atoms. The van der Waals surface area contributed by atoms with Gasteiger partial charge in [-0.25, -0.2) is 9.97 Å². The number of benzene rings is 1. The molecule has 4 aromatic rings. The van der Waals surface area contributed by atoms with Gasteiger partial charge in [0.1, 0.15) is 10.7 Å². The Balaban J connectivity index is 1.44. The van der Waals surface area contributed by atoms with Gasteiger partial charge in [-0.1, -0.05) is 0 Å². The van der Waals surface area contributed by atoms with Crippen LogP contribution in [0.4, 0.5) is 5.69 Å². The smallest absolute Gasteiger partial charge is 0.259 e. The maximum Gasteiger partial charge on any atom is 0.259 e. The van der Waals surface area contributed by atoms with E-state index in [1.165, 1.54) is 10.4 Å². The average molecular weight is 368 g/mol. The molecule has 0 saturated carbocycles. The Labute approximate surface area is 151 Å². The van der Waals surface area contributed by atoms with Crippen molar-refractivity contribution in [2.24, 2.45) is 0 Å². The molecule has 1 aromatic carbocycles. The molecular weight excluding hydrogens is 352 g/mol. The van der Waals surface area contributed by atoms with E-state index in [9.17, 15) is 4.79 Å². The van der Waals surface area contributed by atoms with Gasteiger partial charge in [-0.15, -0.1) is 22.7 Å². The van der Waals surface area contributed by atoms with Gasteiger partial charge in [0.05, 0.1) is 27.2 Å². The van der Waals surface area contributed by atoms with Crippen LogP contribution in [0.1, 0.15) is 27.7 Å². The van der Waals surface area contributed by atoms with Gasteiger partial charge in [0.15, 0.2) is 0 Å². The molecule has 3 aromatic heterocycles. The Morgan fingerprint density at radius 1 is 1.24 bits per heavy atom. The molecule has 5 rings (SSSR count). The van der Waals surface area contributed by atoms with E-state index in [0.717, 1.165) is 50.4 Å². The van der Waals surface area contributed by atoms with Crippen LogP contribution in [-0.2, 0) is 19.4 Å². The molecule has 1 aliphatic carbocycles. The number of anilines is 1. The van der Waals surface area contributed by atoms with E-state index >= 15 is 0 Å². The Kier molecular flexibility index (Phi) is 3.39. The zero-order chi connectivity index (χ0) is 17.0. The predicted octanol–water partition coefficient (Wildman–Crippen LogP) is 4.00. The number of hydrogen-bond acceptors (Lipinski definition) is 6. The normalized spacial score (nSPS) is 13.6. The lowest BCUT2D eigenvalue weighted by Gasteiger charge is -2.06. The van der Waals surface area contributed by atoms with E-state index in [0.29, 0.717) is 12.4 Å². The summed E-state index contributed by atoms with van der Waals surface area (Å²) in [6, 6.07) is 6.12. The number of aromatic amines is 1. The van der Waals surface area contributed by atoms with Crippen LogP contribution >= 0.6 is 22.7 Å². The molecule has 0 aliphatic heterocycles. The second kappa shape index (κ2) is 5.64. The standard InChI is InChI=1S/C18H16N4OS2/c1-9-20-12-6-5-10(7-14(12)24-9)19-8-15-21-17(23)16-11-3-2-4-13(11)25-18(16)22-15/h5-7,19H,2-4,8H2,1H3,(H,21,22,23). The summed E-state index contributed by atoms with van der Waals surface area (Å²) in [4.78, 5) is 26.8. The molecule has 0 radical (unpaired) electrons. The molecule has 0 spiro atoms. The molecule has 0 unspecified atom stereocenters. The van der Waals surface area contributed by atoms with Crippen molar-refractivity contribution in [3.63, 3.8) is 0 Å². The number of rotatable bonds is 3. The highest BCUT2D eigenvalue weighted by molar-refractivity contribution is 7.19. The molecule has 7 heteroatoms. The number of aromatic nitrogens is 3. The molecule has 0 atom stereocenters. The third kappa shape index (κ3) is 2.54. The third-order valence-corrected chi connectivity index (χ3v) is 6.70. The van der Waals surface area contributed by atoms with Crippen molar-refractivity contribution in [3.05, 3.63) is 49.8 Å². The molecule has 0 bridgehead atoms. The topological polar surface area (TPSA) is 70.7 Å². The van der Waals surface area contributed by atoms with Gasteiger partial charge in [-0.05, 0) is 49.9 Å². The van der Waals surface area contributed by atoms with E-state index < -0.39 is 0 Å². The predicted molar refractivity (Wildman–Crippen MR) is 104 cm³/mol. The number of nitrogens with zero attached hydrogens (tertiary/aromatic N) is 2. The summed E-state index contributed by atoms with van der Waals surface area (Å²) < 4.78 is 1.16. The van der Waals surface area contributed by atoms with Crippen molar-refractivity contribution in [2.45, 2.75) is 32.7 Å². The van der Waals surface area contributed by atoms with Gasteiger partial charge < -0.3 is 10.3 Å². The van der Waals surface area contributed by atoms with Crippen molar-refractivity contribution in [1.82, 2.24) is 15.0 Å². The van der Waals surface area contributed by atoms with Gasteiger partial charge in [-0.2, -0.15) is 0 Å². The van der Waals surface area contributed by atoms with E-state index in [1.807, 2.05) is 19.1 Å². The summed E-state index contributed by atoms with van der Waals surface area (Å²) in [6.45, 7) is 2.51. The Bertz CT molecular complexity index is 1170.